The Kier molecular flexibility index (Phi) is 4.38. The van der Waals surface area contributed by atoms with Crippen molar-refractivity contribution in [2.75, 3.05) is 13.1 Å². The normalized spacial score (nSPS) is 32.6. The van der Waals surface area contributed by atoms with Crippen molar-refractivity contribution in [3.8, 4) is 0 Å². The number of imide groups is 1. The van der Waals surface area contributed by atoms with Crippen molar-refractivity contribution in [1.29, 1.82) is 0 Å². The summed E-state index contributed by atoms with van der Waals surface area (Å²) in [5.74, 6) is 0.565. The van der Waals surface area contributed by atoms with Crippen molar-refractivity contribution in [1.82, 2.24) is 10.2 Å². The average Bonchev–Trinajstić information content (AvgIpc) is 2.85. The summed E-state index contributed by atoms with van der Waals surface area (Å²) in [5, 5.41) is 3.51. The molecule has 1 N–H and O–H groups in total. The Hall–Kier alpha value is -0.900. The van der Waals surface area contributed by atoms with Gasteiger partial charge in [0.25, 0.3) is 0 Å². The van der Waals surface area contributed by atoms with Crippen LogP contribution in [0.1, 0.15) is 46.0 Å². The minimum absolute atomic E-state index is 0.0190. The highest BCUT2D eigenvalue weighted by molar-refractivity contribution is 6.03. The molecule has 102 valence electrons. The van der Waals surface area contributed by atoms with Crippen LogP contribution in [0.3, 0.4) is 0 Å². The zero-order valence-corrected chi connectivity index (χ0v) is 11.4. The van der Waals surface area contributed by atoms with Crippen LogP contribution in [-0.4, -0.2) is 35.8 Å². The molecule has 2 fully saturated rings. The smallest absolute Gasteiger partial charge is 0.232 e. The second-order valence-corrected chi connectivity index (χ2v) is 5.63. The molecule has 3 unspecified atom stereocenters. The van der Waals surface area contributed by atoms with Crippen molar-refractivity contribution in [3.63, 3.8) is 0 Å². The Bertz CT molecular complexity index is 330. The third-order valence-corrected chi connectivity index (χ3v) is 4.32. The van der Waals surface area contributed by atoms with Crippen molar-refractivity contribution >= 4 is 11.8 Å². The van der Waals surface area contributed by atoms with E-state index in [1.165, 1.54) is 24.2 Å². The SMILES string of the molecule is CCNC1CCCC1CCN1C(=O)CC(C)C1=O. The summed E-state index contributed by atoms with van der Waals surface area (Å²) in [5.41, 5.74) is 0. The number of carbonyl (C=O) groups excluding carboxylic acids is 2. The minimum Gasteiger partial charge on any atom is -0.314 e. The van der Waals surface area contributed by atoms with E-state index in [2.05, 4.69) is 12.2 Å². The number of amides is 2. The van der Waals surface area contributed by atoms with Gasteiger partial charge in [-0.05, 0) is 31.7 Å². The van der Waals surface area contributed by atoms with Gasteiger partial charge in [-0.15, -0.1) is 0 Å². The fourth-order valence-electron chi connectivity index (χ4n) is 3.29. The molecule has 0 radical (unpaired) electrons. The van der Waals surface area contributed by atoms with Gasteiger partial charge in [-0.2, -0.15) is 0 Å². The minimum atomic E-state index is -0.106. The molecule has 1 heterocycles. The van der Waals surface area contributed by atoms with Crippen LogP contribution in [0.2, 0.25) is 0 Å². The van der Waals surface area contributed by atoms with Gasteiger partial charge in [0.15, 0.2) is 0 Å². The van der Waals surface area contributed by atoms with E-state index in [4.69, 9.17) is 0 Å². The van der Waals surface area contributed by atoms with Gasteiger partial charge in [0, 0.05) is 24.9 Å². The molecule has 4 heteroatoms. The van der Waals surface area contributed by atoms with Gasteiger partial charge in [-0.25, -0.2) is 0 Å². The zero-order chi connectivity index (χ0) is 13.1. The topological polar surface area (TPSA) is 49.4 Å². The summed E-state index contributed by atoms with van der Waals surface area (Å²) < 4.78 is 0. The van der Waals surface area contributed by atoms with Crippen LogP contribution >= 0.6 is 0 Å². The van der Waals surface area contributed by atoms with Crippen LogP contribution in [0.4, 0.5) is 0 Å². The molecular weight excluding hydrogens is 228 g/mol. The summed E-state index contributed by atoms with van der Waals surface area (Å²) in [4.78, 5) is 25.0. The van der Waals surface area contributed by atoms with Gasteiger partial charge in [0.2, 0.25) is 11.8 Å². The standard InChI is InChI=1S/C14H24N2O2/c1-3-15-12-6-4-5-11(12)7-8-16-13(17)9-10(2)14(16)18/h10-12,15H,3-9H2,1-2H3. The molecule has 4 nitrogen and oxygen atoms in total. The molecule has 18 heavy (non-hydrogen) atoms. The lowest BCUT2D eigenvalue weighted by Gasteiger charge is -2.22. The first-order valence-corrected chi connectivity index (χ1v) is 7.21. The second kappa shape index (κ2) is 5.83. The van der Waals surface area contributed by atoms with Gasteiger partial charge >= 0.3 is 0 Å². The number of rotatable bonds is 5. The zero-order valence-electron chi connectivity index (χ0n) is 11.4. The van der Waals surface area contributed by atoms with E-state index in [0.717, 1.165) is 13.0 Å². The number of carbonyl (C=O) groups is 2. The summed E-state index contributed by atoms with van der Waals surface area (Å²) >= 11 is 0. The van der Waals surface area contributed by atoms with Crippen molar-refractivity contribution in [3.05, 3.63) is 0 Å². The monoisotopic (exact) mass is 252 g/mol. The van der Waals surface area contributed by atoms with E-state index in [1.807, 2.05) is 6.92 Å². The number of hydrogen-bond acceptors (Lipinski definition) is 3. The fourth-order valence-corrected chi connectivity index (χ4v) is 3.29. The molecule has 1 saturated heterocycles. The quantitative estimate of drug-likeness (QED) is 0.755. The average molecular weight is 252 g/mol. The number of nitrogens with zero attached hydrogens (tertiary/aromatic N) is 1. The fraction of sp³-hybridized carbons (Fsp3) is 0.857. The molecule has 0 spiro atoms. The van der Waals surface area contributed by atoms with Gasteiger partial charge < -0.3 is 5.32 Å². The lowest BCUT2D eigenvalue weighted by molar-refractivity contribution is -0.139. The van der Waals surface area contributed by atoms with Gasteiger partial charge in [0.1, 0.15) is 0 Å². The maximum atomic E-state index is 11.8. The highest BCUT2D eigenvalue weighted by Gasteiger charge is 2.36. The molecule has 0 bridgehead atoms. The Morgan fingerprint density at radius 2 is 2.11 bits per heavy atom. The largest absolute Gasteiger partial charge is 0.314 e. The third kappa shape index (κ3) is 2.74. The maximum Gasteiger partial charge on any atom is 0.232 e. The summed E-state index contributed by atoms with van der Waals surface area (Å²) in [6.45, 7) is 5.59. The van der Waals surface area contributed by atoms with Crippen LogP contribution < -0.4 is 5.32 Å². The molecule has 0 aromatic rings. The van der Waals surface area contributed by atoms with Gasteiger partial charge in [-0.3, -0.25) is 14.5 Å². The van der Waals surface area contributed by atoms with Crippen LogP contribution in [0.15, 0.2) is 0 Å². The van der Waals surface area contributed by atoms with Crippen LogP contribution in [0.25, 0.3) is 0 Å². The summed E-state index contributed by atoms with van der Waals surface area (Å²) in [6.07, 6.45) is 5.09. The van der Waals surface area contributed by atoms with E-state index in [1.54, 1.807) is 0 Å². The van der Waals surface area contributed by atoms with Crippen molar-refractivity contribution < 1.29 is 9.59 Å². The number of likely N-dealkylation sites (tertiary alicyclic amines) is 1. The summed E-state index contributed by atoms with van der Waals surface area (Å²) in [7, 11) is 0. The van der Waals surface area contributed by atoms with Crippen LogP contribution in [0.5, 0.6) is 0 Å². The van der Waals surface area contributed by atoms with Gasteiger partial charge in [-0.1, -0.05) is 20.3 Å². The molecule has 0 aromatic carbocycles. The Morgan fingerprint density at radius 1 is 1.33 bits per heavy atom. The first-order chi connectivity index (χ1) is 8.63. The lowest BCUT2D eigenvalue weighted by atomic mass is 9.99. The second-order valence-electron chi connectivity index (χ2n) is 5.63. The Morgan fingerprint density at radius 3 is 2.72 bits per heavy atom. The van der Waals surface area contributed by atoms with Crippen LogP contribution in [-0.2, 0) is 9.59 Å². The first kappa shape index (κ1) is 13.5. The van der Waals surface area contributed by atoms with Crippen molar-refractivity contribution in [2.24, 2.45) is 11.8 Å². The maximum absolute atomic E-state index is 11.8. The molecule has 1 aliphatic heterocycles. The Balaban J connectivity index is 1.84. The Labute approximate surface area is 109 Å². The molecule has 1 saturated carbocycles. The predicted octanol–water partition coefficient (Wildman–Crippen LogP) is 1.55. The molecule has 2 amide bonds. The van der Waals surface area contributed by atoms with Gasteiger partial charge in [0.05, 0.1) is 0 Å². The molecule has 3 atom stereocenters. The molecule has 0 aromatic heterocycles. The van der Waals surface area contributed by atoms with E-state index < -0.39 is 0 Å². The lowest BCUT2D eigenvalue weighted by Crippen LogP contribution is -2.36. The van der Waals surface area contributed by atoms with E-state index >= 15 is 0 Å². The first-order valence-electron chi connectivity index (χ1n) is 7.21. The molecule has 1 aliphatic carbocycles. The van der Waals surface area contributed by atoms with E-state index in [9.17, 15) is 9.59 Å². The molecular formula is C14H24N2O2. The van der Waals surface area contributed by atoms with Crippen molar-refractivity contribution in [2.45, 2.75) is 52.0 Å². The molecule has 2 rings (SSSR count). The highest BCUT2D eigenvalue weighted by atomic mass is 16.2. The number of hydrogen-bond donors (Lipinski definition) is 1. The highest BCUT2D eigenvalue weighted by Crippen LogP contribution is 2.29. The third-order valence-electron chi connectivity index (χ3n) is 4.32. The van der Waals surface area contributed by atoms with E-state index in [0.29, 0.717) is 24.9 Å². The molecule has 2 aliphatic rings. The predicted molar refractivity (Wildman–Crippen MR) is 69.9 cm³/mol. The van der Waals surface area contributed by atoms with Crippen LogP contribution in [0, 0.1) is 11.8 Å². The van der Waals surface area contributed by atoms with E-state index in [-0.39, 0.29) is 17.7 Å². The number of nitrogens with one attached hydrogen (secondary N) is 1. The summed E-state index contributed by atoms with van der Waals surface area (Å²) in [6, 6.07) is 0.584.